The predicted octanol–water partition coefficient (Wildman–Crippen LogP) is 4.98. The second kappa shape index (κ2) is 11.4. The number of anilines is 1. The standard InChI is InChI=1S/C25H18N4O9S/c1-37-18-9-6-16(7-10-18)26-23(30)14-27-24(31)22(39-25(27)32)12-15-4-2-3-5-20(15)38-21-11-8-17(28(33)34)13-19(21)29(35)36/h2-13H,14H2,1H3,(H,26,30)/b22-12+. The van der Waals surface area contributed by atoms with Crippen molar-refractivity contribution in [2.24, 2.45) is 0 Å². The van der Waals surface area contributed by atoms with Crippen molar-refractivity contribution in [3.63, 3.8) is 0 Å². The third-order valence-electron chi connectivity index (χ3n) is 5.32. The van der Waals surface area contributed by atoms with Crippen molar-refractivity contribution >= 4 is 52.0 Å². The van der Waals surface area contributed by atoms with E-state index in [0.717, 1.165) is 23.1 Å². The van der Waals surface area contributed by atoms with E-state index in [4.69, 9.17) is 9.47 Å². The van der Waals surface area contributed by atoms with Crippen LogP contribution in [0, 0.1) is 20.2 Å². The maximum absolute atomic E-state index is 12.9. The molecule has 3 aromatic carbocycles. The predicted molar refractivity (Wildman–Crippen MR) is 141 cm³/mol. The van der Waals surface area contributed by atoms with Gasteiger partial charge in [0.15, 0.2) is 0 Å². The smallest absolute Gasteiger partial charge is 0.318 e. The molecule has 39 heavy (non-hydrogen) atoms. The third kappa shape index (κ3) is 6.19. The van der Waals surface area contributed by atoms with Crippen LogP contribution in [0.5, 0.6) is 17.2 Å². The monoisotopic (exact) mass is 550 g/mol. The van der Waals surface area contributed by atoms with Crippen LogP contribution >= 0.6 is 11.8 Å². The van der Waals surface area contributed by atoms with Gasteiger partial charge in [-0.25, -0.2) is 0 Å². The molecule has 0 bridgehead atoms. The largest absolute Gasteiger partial charge is 0.497 e. The zero-order valence-corrected chi connectivity index (χ0v) is 20.9. The maximum atomic E-state index is 12.9. The van der Waals surface area contributed by atoms with Crippen LogP contribution in [0.15, 0.2) is 71.6 Å². The Morgan fingerprint density at radius 1 is 1.00 bits per heavy atom. The first kappa shape index (κ1) is 26.8. The van der Waals surface area contributed by atoms with E-state index >= 15 is 0 Å². The van der Waals surface area contributed by atoms with Crippen molar-refractivity contribution in [1.29, 1.82) is 0 Å². The van der Waals surface area contributed by atoms with Crippen LogP contribution in [0.25, 0.3) is 6.08 Å². The van der Waals surface area contributed by atoms with Crippen LogP contribution in [0.4, 0.5) is 21.9 Å². The Kier molecular flexibility index (Phi) is 7.86. The van der Waals surface area contributed by atoms with Crippen molar-refractivity contribution in [3.8, 4) is 17.2 Å². The number of para-hydroxylation sites is 1. The van der Waals surface area contributed by atoms with Crippen LogP contribution in [-0.2, 0) is 9.59 Å². The molecular formula is C25H18N4O9S. The molecule has 4 rings (SSSR count). The number of hydrogen-bond donors (Lipinski definition) is 1. The number of benzene rings is 3. The minimum Gasteiger partial charge on any atom is -0.497 e. The molecule has 198 valence electrons. The van der Waals surface area contributed by atoms with Crippen LogP contribution in [0.2, 0.25) is 0 Å². The van der Waals surface area contributed by atoms with E-state index in [0.29, 0.717) is 28.8 Å². The molecule has 0 spiro atoms. The number of nitro groups is 2. The van der Waals surface area contributed by atoms with Gasteiger partial charge >= 0.3 is 5.69 Å². The summed E-state index contributed by atoms with van der Waals surface area (Å²) in [4.78, 5) is 59.6. The van der Waals surface area contributed by atoms with Crippen molar-refractivity contribution in [1.82, 2.24) is 4.90 Å². The minimum atomic E-state index is -0.812. The number of hydrogen-bond acceptors (Lipinski definition) is 10. The first-order chi connectivity index (χ1) is 18.7. The second-order valence-electron chi connectivity index (χ2n) is 7.85. The Labute approximate surface area is 224 Å². The summed E-state index contributed by atoms with van der Waals surface area (Å²) in [5, 5.41) is 24.4. The molecule has 0 aromatic heterocycles. The van der Waals surface area contributed by atoms with Crippen molar-refractivity contribution in [2.75, 3.05) is 19.0 Å². The molecule has 1 saturated heterocycles. The van der Waals surface area contributed by atoms with Crippen LogP contribution in [0.1, 0.15) is 5.56 Å². The number of carbonyl (C=O) groups excluding carboxylic acids is 3. The molecule has 1 N–H and O–H groups in total. The lowest BCUT2D eigenvalue weighted by Crippen LogP contribution is -2.36. The normalized spacial score (nSPS) is 13.9. The molecule has 1 heterocycles. The summed E-state index contributed by atoms with van der Waals surface area (Å²) >= 11 is 0.621. The molecule has 14 heteroatoms. The zero-order valence-electron chi connectivity index (χ0n) is 20.1. The summed E-state index contributed by atoms with van der Waals surface area (Å²) in [5.41, 5.74) is -0.345. The minimum absolute atomic E-state index is 0.00602. The van der Waals surface area contributed by atoms with Gasteiger partial charge in [-0.1, -0.05) is 18.2 Å². The lowest BCUT2D eigenvalue weighted by atomic mass is 10.1. The first-order valence-electron chi connectivity index (χ1n) is 11.0. The average Bonchev–Trinajstić information content (AvgIpc) is 3.17. The highest BCUT2D eigenvalue weighted by molar-refractivity contribution is 8.18. The number of nitrogens with zero attached hydrogens (tertiary/aromatic N) is 3. The fourth-order valence-electron chi connectivity index (χ4n) is 3.46. The summed E-state index contributed by atoms with van der Waals surface area (Å²) in [5.74, 6) is -0.853. The van der Waals surface area contributed by atoms with E-state index in [1.807, 2.05) is 0 Å². The summed E-state index contributed by atoms with van der Waals surface area (Å²) in [6, 6.07) is 15.7. The highest BCUT2D eigenvalue weighted by Gasteiger charge is 2.36. The Balaban J connectivity index is 1.52. The number of rotatable bonds is 9. The molecule has 13 nitrogen and oxygen atoms in total. The van der Waals surface area contributed by atoms with E-state index in [1.54, 1.807) is 42.5 Å². The van der Waals surface area contributed by atoms with Crippen molar-refractivity contribution < 1.29 is 33.7 Å². The number of nitrogens with one attached hydrogen (secondary N) is 1. The van der Waals surface area contributed by atoms with Gasteiger partial charge in [-0.05, 0) is 54.2 Å². The van der Waals surface area contributed by atoms with Gasteiger partial charge in [0.2, 0.25) is 11.7 Å². The summed E-state index contributed by atoms with van der Waals surface area (Å²) in [6.45, 7) is -0.513. The molecule has 0 atom stereocenters. The molecule has 3 aromatic rings. The number of non-ortho nitro benzene ring substituents is 1. The van der Waals surface area contributed by atoms with Crippen molar-refractivity contribution in [2.45, 2.75) is 0 Å². The highest BCUT2D eigenvalue weighted by atomic mass is 32.2. The van der Waals surface area contributed by atoms with Gasteiger partial charge in [0.25, 0.3) is 16.8 Å². The maximum Gasteiger partial charge on any atom is 0.318 e. The fraction of sp³-hybridized carbons (Fsp3) is 0.0800. The third-order valence-corrected chi connectivity index (χ3v) is 6.23. The van der Waals surface area contributed by atoms with Crippen LogP contribution in [-0.4, -0.2) is 45.5 Å². The molecule has 1 aliphatic heterocycles. The molecule has 1 fully saturated rings. The Hall–Kier alpha value is -5.24. The topological polar surface area (TPSA) is 171 Å². The van der Waals surface area contributed by atoms with E-state index in [-0.39, 0.29) is 16.4 Å². The number of ether oxygens (including phenoxy) is 2. The lowest BCUT2D eigenvalue weighted by molar-refractivity contribution is -0.394. The van der Waals surface area contributed by atoms with Gasteiger partial charge in [0.1, 0.15) is 18.0 Å². The lowest BCUT2D eigenvalue weighted by Gasteiger charge is -2.13. The van der Waals surface area contributed by atoms with Gasteiger partial charge in [-0.15, -0.1) is 0 Å². The quantitative estimate of drug-likeness (QED) is 0.218. The van der Waals surface area contributed by atoms with Crippen LogP contribution in [0.3, 0.4) is 0 Å². The van der Waals surface area contributed by atoms with E-state index < -0.39 is 44.8 Å². The number of imide groups is 1. The number of amides is 3. The summed E-state index contributed by atoms with van der Waals surface area (Å²) in [7, 11) is 1.50. The van der Waals surface area contributed by atoms with Gasteiger partial charge in [-0.2, -0.15) is 0 Å². The molecule has 1 aliphatic rings. The first-order valence-corrected chi connectivity index (χ1v) is 11.9. The van der Waals surface area contributed by atoms with E-state index in [2.05, 4.69) is 5.32 Å². The van der Waals surface area contributed by atoms with Gasteiger partial charge in [-0.3, -0.25) is 39.5 Å². The number of thioether (sulfide) groups is 1. The Morgan fingerprint density at radius 2 is 1.72 bits per heavy atom. The number of methoxy groups -OCH3 is 1. The summed E-state index contributed by atoms with van der Waals surface area (Å²) < 4.78 is 10.7. The number of nitro benzene ring substituents is 2. The molecule has 3 amide bonds. The molecule has 0 aliphatic carbocycles. The molecular weight excluding hydrogens is 532 g/mol. The van der Waals surface area contributed by atoms with Gasteiger partial charge < -0.3 is 14.8 Å². The summed E-state index contributed by atoms with van der Waals surface area (Å²) in [6.07, 6.45) is 1.36. The Morgan fingerprint density at radius 3 is 2.38 bits per heavy atom. The fourth-order valence-corrected chi connectivity index (χ4v) is 4.28. The van der Waals surface area contributed by atoms with Gasteiger partial charge in [0, 0.05) is 17.3 Å². The molecule has 0 saturated carbocycles. The van der Waals surface area contributed by atoms with E-state index in [9.17, 15) is 34.6 Å². The highest BCUT2D eigenvalue weighted by Crippen LogP contribution is 2.38. The SMILES string of the molecule is COc1ccc(NC(=O)CN2C(=O)S/C(=C/c3ccccc3Oc3ccc([N+](=O)[O-])cc3[N+](=O)[O-])C2=O)cc1. The average molecular weight is 551 g/mol. The number of carbonyl (C=O) groups is 3. The van der Waals surface area contributed by atoms with Crippen molar-refractivity contribution in [3.05, 3.63) is 97.4 Å². The Bertz CT molecular complexity index is 1520. The molecule has 0 radical (unpaired) electrons. The van der Waals surface area contributed by atoms with Crippen LogP contribution < -0.4 is 14.8 Å². The van der Waals surface area contributed by atoms with Gasteiger partial charge in [0.05, 0.1) is 27.9 Å². The second-order valence-corrected chi connectivity index (χ2v) is 8.84. The van der Waals surface area contributed by atoms with E-state index in [1.165, 1.54) is 19.3 Å². The zero-order chi connectivity index (χ0) is 28.1. The molecule has 0 unspecified atom stereocenters.